The fourth-order valence-corrected chi connectivity index (χ4v) is 8.81. The van der Waals surface area contributed by atoms with Crippen molar-refractivity contribution in [2.75, 3.05) is 6.54 Å². The number of aromatic nitrogens is 2. The van der Waals surface area contributed by atoms with Gasteiger partial charge < -0.3 is 19.0 Å². The Morgan fingerprint density at radius 1 is 0.898 bits per heavy atom. The molecule has 8 rings (SSSR count). The Hall–Kier alpha value is -3.62. The molecule has 2 aliphatic heterocycles. The normalized spacial score (nSPS) is 22.4. The second-order valence-electron chi connectivity index (χ2n) is 16.9. The molecular formula is C41H50BN3O4. The van der Waals surface area contributed by atoms with Crippen LogP contribution in [0.1, 0.15) is 116 Å². The molecular weight excluding hydrogens is 609 g/mol. The van der Waals surface area contributed by atoms with Crippen LogP contribution < -0.4 is 5.46 Å². The molecule has 256 valence electrons. The summed E-state index contributed by atoms with van der Waals surface area (Å²) in [5.74, 6) is 0.824. The lowest BCUT2D eigenvalue weighted by atomic mass is 9.70. The molecule has 0 unspecified atom stereocenters. The Morgan fingerprint density at radius 2 is 1.57 bits per heavy atom. The van der Waals surface area contributed by atoms with Gasteiger partial charge in [0, 0.05) is 6.54 Å². The Kier molecular flexibility index (Phi) is 7.62. The van der Waals surface area contributed by atoms with Gasteiger partial charge in [0.2, 0.25) is 0 Å². The predicted octanol–water partition coefficient (Wildman–Crippen LogP) is 9.03. The Balaban J connectivity index is 1.09. The van der Waals surface area contributed by atoms with Gasteiger partial charge in [0.25, 0.3) is 0 Å². The van der Waals surface area contributed by atoms with E-state index in [1.54, 1.807) is 5.56 Å². The maximum absolute atomic E-state index is 12.9. The van der Waals surface area contributed by atoms with E-state index in [4.69, 9.17) is 19.0 Å². The topological polar surface area (TPSA) is 76.7 Å². The number of carbonyl (C=O) groups excluding carboxylic acids is 1. The number of H-pyrrole nitrogens is 1. The Morgan fingerprint density at radius 3 is 2.27 bits per heavy atom. The largest absolute Gasteiger partial charge is 0.495 e. The van der Waals surface area contributed by atoms with E-state index in [-0.39, 0.29) is 35.9 Å². The molecule has 1 saturated carbocycles. The molecule has 1 aromatic heterocycles. The third-order valence-corrected chi connectivity index (χ3v) is 12.0. The second-order valence-corrected chi connectivity index (χ2v) is 16.9. The summed E-state index contributed by atoms with van der Waals surface area (Å²) in [7, 11) is -0.335. The first-order valence-electron chi connectivity index (χ1n) is 18.4. The number of nitrogens with one attached hydrogen (secondary N) is 1. The van der Waals surface area contributed by atoms with Gasteiger partial charge in [-0.25, -0.2) is 9.78 Å². The molecule has 0 bridgehead atoms. The number of aromatic amines is 1. The number of nitrogens with zero attached hydrogens (tertiary/aromatic N) is 2. The fourth-order valence-electron chi connectivity index (χ4n) is 8.81. The van der Waals surface area contributed by atoms with Crippen molar-refractivity contribution in [1.29, 1.82) is 0 Å². The van der Waals surface area contributed by atoms with Crippen LogP contribution in [0.5, 0.6) is 0 Å². The standard InChI is InChI=1S/C41H50BN3O4/c1-38(2,3)47-37(46)45-24-10-11-34(45)36-43-32-19-16-28(25-33(32)44-36)26-12-14-27(15-13-26)29-17-18-31(42-48-39(4,5)40(6,7)49-42)30-20-23-41(35(29)30)21-8-9-22-41/h12-19,25,34H,8-11,20-24H2,1-7H3,(H,43,44)/t34-/m0/s1. The van der Waals surface area contributed by atoms with Crippen molar-refractivity contribution in [3.8, 4) is 22.3 Å². The maximum atomic E-state index is 12.9. The van der Waals surface area contributed by atoms with Gasteiger partial charge in [-0.15, -0.1) is 0 Å². The number of ether oxygens (including phenoxy) is 1. The minimum atomic E-state index is -0.530. The van der Waals surface area contributed by atoms with Crippen molar-refractivity contribution in [1.82, 2.24) is 14.9 Å². The van der Waals surface area contributed by atoms with Crippen LogP contribution >= 0.6 is 0 Å². The summed E-state index contributed by atoms with van der Waals surface area (Å²) in [6.45, 7) is 15.0. The molecule has 3 aromatic carbocycles. The van der Waals surface area contributed by atoms with Crippen LogP contribution in [0, 0.1) is 0 Å². The lowest BCUT2D eigenvalue weighted by Gasteiger charge is -2.32. The average molecular weight is 660 g/mol. The molecule has 49 heavy (non-hydrogen) atoms. The molecule has 7 nitrogen and oxygen atoms in total. The van der Waals surface area contributed by atoms with Crippen molar-refractivity contribution in [3.63, 3.8) is 0 Å². The number of fused-ring (bicyclic) bond motifs is 3. The maximum Gasteiger partial charge on any atom is 0.495 e. The van der Waals surface area contributed by atoms with Gasteiger partial charge in [0.05, 0.1) is 28.3 Å². The smallest absolute Gasteiger partial charge is 0.444 e. The highest BCUT2D eigenvalue weighted by molar-refractivity contribution is 6.62. The number of hydrogen-bond acceptors (Lipinski definition) is 5. The number of rotatable bonds is 4. The highest BCUT2D eigenvalue weighted by atomic mass is 16.7. The summed E-state index contributed by atoms with van der Waals surface area (Å²) in [6.07, 6.45) is 8.96. The lowest BCUT2D eigenvalue weighted by Crippen LogP contribution is -2.41. The number of amides is 1. The molecule has 3 fully saturated rings. The van der Waals surface area contributed by atoms with Gasteiger partial charge in [0.1, 0.15) is 11.4 Å². The highest BCUT2D eigenvalue weighted by Gasteiger charge is 2.54. The van der Waals surface area contributed by atoms with Crippen molar-refractivity contribution in [2.45, 2.75) is 128 Å². The SMILES string of the molecule is CC(C)(C)OC(=O)N1CCC[C@H]1c1nc2ccc(-c3ccc(-c4ccc(B5OC(C)(C)C(C)(C)O5)c5c4C4(CCCC4)CC5)cc3)cc2[nH]1. The van der Waals surface area contributed by atoms with Crippen molar-refractivity contribution < 1.29 is 18.8 Å². The summed E-state index contributed by atoms with van der Waals surface area (Å²) in [6, 6.07) is 20.0. The summed E-state index contributed by atoms with van der Waals surface area (Å²) >= 11 is 0. The van der Waals surface area contributed by atoms with Crippen molar-refractivity contribution >= 4 is 29.7 Å². The zero-order chi connectivity index (χ0) is 34.3. The van der Waals surface area contributed by atoms with E-state index in [2.05, 4.69) is 87.3 Å². The molecule has 8 heteroatoms. The molecule has 2 saturated heterocycles. The van der Waals surface area contributed by atoms with E-state index in [1.165, 1.54) is 59.8 Å². The number of benzene rings is 3. The molecule has 4 aromatic rings. The quantitative estimate of drug-likeness (QED) is 0.221. The van der Waals surface area contributed by atoms with Crippen LogP contribution in [0.15, 0.2) is 54.6 Å². The number of likely N-dealkylation sites (tertiary alicyclic amines) is 1. The molecule has 3 heterocycles. The summed E-state index contributed by atoms with van der Waals surface area (Å²) in [5, 5.41) is 0. The highest BCUT2D eigenvalue weighted by Crippen LogP contribution is 2.53. The van der Waals surface area contributed by atoms with Gasteiger partial charge in [-0.3, -0.25) is 4.90 Å². The minimum absolute atomic E-state index is 0.106. The van der Waals surface area contributed by atoms with Gasteiger partial charge >= 0.3 is 13.2 Å². The van der Waals surface area contributed by atoms with Crippen LogP contribution in [0.2, 0.25) is 0 Å². The van der Waals surface area contributed by atoms with Crippen LogP contribution in [0.25, 0.3) is 33.3 Å². The van der Waals surface area contributed by atoms with E-state index in [0.29, 0.717) is 6.54 Å². The van der Waals surface area contributed by atoms with E-state index >= 15 is 0 Å². The zero-order valence-corrected chi connectivity index (χ0v) is 30.2. The Bertz CT molecular complexity index is 1900. The van der Waals surface area contributed by atoms with E-state index in [1.807, 2.05) is 25.7 Å². The number of carbonyl (C=O) groups is 1. The fraction of sp³-hybridized carbons (Fsp3) is 0.512. The molecule has 4 aliphatic rings. The van der Waals surface area contributed by atoms with Crippen LogP contribution in [0.3, 0.4) is 0 Å². The van der Waals surface area contributed by atoms with Gasteiger partial charge in [-0.2, -0.15) is 0 Å². The van der Waals surface area contributed by atoms with Crippen molar-refractivity contribution in [3.05, 3.63) is 71.5 Å². The predicted molar refractivity (Wildman–Crippen MR) is 196 cm³/mol. The summed E-state index contributed by atoms with van der Waals surface area (Å²) < 4.78 is 18.9. The second kappa shape index (κ2) is 11.5. The third kappa shape index (κ3) is 5.59. The molecule has 2 aliphatic carbocycles. The lowest BCUT2D eigenvalue weighted by molar-refractivity contribution is 0.00578. The number of hydrogen-bond donors (Lipinski definition) is 1. The van der Waals surface area contributed by atoms with Crippen molar-refractivity contribution in [2.24, 2.45) is 0 Å². The summed E-state index contributed by atoms with van der Waals surface area (Å²) in [4.78, 5) is 23.2. The molecule has 0 radical (unpaired) electrons. The molecule has 1 spiro atoms. The van der Waals surface area contributed by atoms with Crippen LogP contribution in [-0.2, 0) is 25.9 Å². The van der Waals surface area contributed by atoms with Crippen LogP contribution in [0.4, 0.5) is 4.79 Å². The third-order valence-electron chi connectivity index (χ3n) is 12.0. The monoisotopic (exact) mass is 659 g/mol. The first kappa shape index (κ1) is 32.6. The van der Waals surface area contributed by atoms with E-state index in [0.717, 1.165) is 41.7 Å². The number of imidazole rings is 1. The minimum Gasteiger partial charge on any atom is -0.444 e. The van der Waals surface area contributed by atoms with Gasteiger partial charge in [-0.05, 0) is 143 Å². The zero-order valence-electron chi connectivity index (χ0n) is 30.2. The molecule has 1 N–H and O–H groups in total. The van der Waals surface area contributed by atoms with Crippen LogP contribution in [-0.4, -0.2) is 51.4 Å². The molecule has 1 atom stereocenters. The molecule has 1 amide bonds. The first-order valence-corrected chi connectivity index (χ1v) is 18.4. The first-order chi connectivity index (χ1) is 23.2. The Labute approximate surface area is 291 Å². The van der Waals surface area contributed by atoms with Gasteiger partial charge in [0.15, 0.2) is 0 Å². The van der Waals surface area contributed by atoms with E-state index in [9.17, 15) is 4.79 Å². The summed E-state index contributed by atoms with van der Waals surface area (Å²) in [5.41, 5.74) is 10.0. The average Bonchev–Trinajstić information content (AvgIpc) is 3.88. The van der Waals surface area contributed by atoms with E-state index < -0.39 is 5.60 Å². The van der Waals surface area contributed by atoms with Gasteiger partial charge in [-0.1, -0.05) is 55.3 Å².